The van der Waals surface area contributed by atoms with E-state index in [1.54, 1.807) is 0 Å². The van der Waals surface area contributed by atoms with Gasteiger partial charge in [-0.3, -0.25) is 19.8 Å². The monoisotopic (exact) mass is 532 g/mol. The molecule has 0 fully saturated rings. The van der Waals surface area contributed by atoms with E-state index in [1.807, 2.05) is 45.0 Å². The number of benzene rings is 1. The Labute approximate surface area is 192 Å². The van der Waals surface area contributed by atoms with Crippen LogP contribution in [0, 0.1) is 10.1 Å². The Balaban J connectivity index is 0.00000450. The Morgan fingerprint density at radius 1 is 1.40 bits per heavy atom. The van der Waals surface area contributed by atoms with Crippen LogP contribution < -0.4 is 15.4 Å². The SMILES string of the molecule is CCNC(=NCC(O)c1cccc(OC(C)C)c1)NCCn1cc([N+](=O)[O-])cn1.I. The molecule has 166 valence electrons. The van der Waals surface area contributed by atoms with Gasteiger partial charge in [-0.05, 0) is 38.5 Å². The van der Waals surface area contributed by atoms with E-state index in [9.17, 15) is 15.2 Å². The molecule has 11 heteroatoms. The summed E-state index contributed by atoms with van der Waals surface area (Å²) < 4.78 is 7.15. The summed E-state index contributed by atoms with van der Waals surface area (Å²) in [5, 5.41) is 31.3. The highest BCUT2D eigenvalue weighted by Gasteiger charge is 2.10. The average molecular weight is 532 g/mol. The van der Waals surface area contributed by atoms with E-state index in [-0.39, 0.29) is 42.3 Å². The lowest BCUT2D eigenvalue weighted by Crippen LogP contribution is -2.39. The summed E-state index contributed by atoms with van der Waals surface area (Å²) in [5.41, 5.74) is 0.684. The van der Waals surface area contributed by atoms with Crippen molar-refractivity contribution in [2.45, 2.75) is 39.5 Å². The molecular formula is C19H29IN6O4. The molecule has 1 aromatic heterocycles. The van der Waals surface area contributed by atoms with Crippen LogP contribution >= 0.6 is 24.0 Å². The number of aliphatic imine (C=N–C) groups is 1. The quantitative estimate of drug-likeness (QED) is 0.141. The third-order valence-electron chi connectivity index (χ3n) is 3.84. The second-order valence-corrected chi connectivity index (χ2v) is 6.62. The number of aromatic nitrogens is 2. The lowest BCUT2D eigenvalue weighted by atomic mass is 10.1. The zero-order valence-electron chi connectivity index (χ0n) is 17.3. The molecule has 2 rings (SSSR count). The fourth-order valence-electron chi connectivity index (χ4n) is 2.55. The molecule has 0 bridgehead atoms. The van der Waals surface area contributed by atoms with Gasteiger partial charge in [0, 0.05) is 13.1 Å². The van der Waals surface area contributed by atoms with E-state index in [1.165, 1.54) is 17.1 Å². The number of rotatable bonds is 10. The predicted molar refractivity (Wildman–Crippen MR) is 125 cm³/mol. The number of ether oxygens (including phenoxy) is 1. The van der Waals surface area contributed by atoms with E-state index in [2.05, 4.69) is 20.7 Å². The van der Waals surface area contributed by atoms with Crippen LogP contribution in [0.25, 0.3) is 0 Å². The van der Waals surface area contributed by atoms with Crippen molar-refractivity contribution in [1.82, 2.24) is 20.4 Å². The zero-order chi connectivity index (χ0) is 21.2. The first-order valence-electron chi connectivity index (χ1n) is 9.52. The fraction of sp³-hybridized carbons (Fsp3) is 0.474. The molecule has 1 atom stereocenters. The van der Waals surface area contributed by atoms with Gasteiger partial charge in [-0.15, -0.1) is 24.0 Å². The van der Waals surface area contributed by atoms with Crippen molar-refractivity contribution in [3.05, 3.63) is 52.3 Å². The zero-order valence-corrected chi connectivity index (χ0v) is 19.6. The minimum atomic E-state index is -0.769. The predicted octanol–water partition coefficient (Wildman–Crippen LogP) is 2.49. The molecule has 0 aliphatic carbocycles. The number of nitrogens with one attached hydrogen (secondary N) is 2. The Bertz CT molecular complexity index is 827. The van der Waals surface area contributed by atoms with Crippen LogP contribution in [0.3, 0.4) is 0 Å². The summed E-state index contributed by atoms with van der Waals surface area (Å²) in [4.78, 5) is 14.6. The second-order valence-electron chi connectivity index (χ2n) is 6.62. The first-order chi connectivity index (χ1) is 13.9. The topological polar surface area (TPSA) is 127 Å². The Morgan fingerprint density at radius 2 is 2.17 bits per heavy atom. The van der Waals surface area contributed by atoms with Crippen LogP contribution in [-0.2, 0) is 6.54 Å². The molecule has 0 spiro atoms. The maximum atomic E-state index is 10.7. The lowest BCUT2D eigenvalue weighted by molar-refractivity contribution is -0.385. The molecule has 3 N–H and O–H groups in total. The van der Waals surface area contributed by atoms with Gasteiger partial charge in [-0.25, -0.2) is 0 Å². The average Bonchev–Trinajstić information content (AvgIpc) is 3.15. The van der Waals surface area contributed by atoms with Crippen molar-refractivity contribution < 1.29 is 14.8 Å². The molecule has 0 aliphatic heterocycles. The van der Waals surface area contributed by atoms with Gasteiger partial charge in [-0.1, -0.05) is 12.1 Å². The van der Waals surface area contributed by atoms with E-state index >= 15 is 0 Å². The molecule has 1 unspecified atom stereocenters. The summed E-state index contributed by atoms with van der Waals surface area (Å²) in [6, 6.07) is 7.33. The van der Waals surface area contributed by atoms with Gasteiger partial charge in [0.05, 0.1) is 30.2 Å². The highest BCUT2D eigenvalue weighted by atomic mass is 127. The molecule has 2 aromatic rings. The number of halogens is 1. The van der Waals surface area contributed by atoms with Gasteiger partial charge in [0.15, 0.2) is 5.96 Å². The normalized spacial score (nSPS) is 12.2. The van der Waals surface area contributed by atoms with E-state index in [0.717, 1.165) is 5.56 Å². The molecule has 0 radical (unpaired) electrons. The number of nitro groups is 1. The third kappa shape index (κ3) is 8.53. The first-order valence-corrected chi connectivity index (χ1v) is 9.52. The van der Waals surface area contributed by atoms with Gasteiger partial charge in [-0.2, -0.15) is 5.10 Å². The van der Waals surface area contributed by atoms with Crippen molar-refractivity contribution in [1.29, 1.82) is 0 Å². The molecule has 0 saturated heterocycles. The Hall–Kier alpha value is -2.41. The highest BCUT2D eigenvalue weighted by molar-refractivity contribution is 14.0. The van der Waals surface area contributed by atoms with E-state index < -0.39 is 11.0 Å². The van der Waals surface area contributed by atoms with E-state index in [4.69, 9.17) is 4.74 Å². The van der Waals surface area contributed by atoms with Crippen LogP contribution in [0.5, 0.6) is 5.75 Å². The number of hydrogen-bond donors (Lipinski definition) is 3. The minimum Gasteiger partial charge on any atom is -0.491 e. The van der Waals surface area contributed by atoms with Gasteiger partial charge >= 0.3 is 5.69 Å². The molecule has 0 amide bonds. The maximum Gasteiger partial charge on any atom is 0.306 e. The Kier molecular flexibility index (Phi) is 11.1. The van der Waals surface area contributed by atoms with Gasteiger partial charge in [0.1, 0.15) is 18.1 Å². The van der Waals surface area contributed by atoms with Gasteiger partial charge in [0.25, 0.3) is 0 Å². The summed E-state index contributed by atoms with van der Waals surface area (Å²) in [7, 11) is 0. The Morgan fingerprint density at radius 3 is 2.80 bits per heavy atom. The lowest BCUT2D eigenvalue weighted by Gasteiger charge is -2.15. The largest absolute Gasteiger partial charge is 0.491 e. The van der Waals surface area contributed by atoms with Crippen LogP contribution in [0.4, 0.5) is 5.69 Å². The van der Waals surface area contributed by atoms with Crippen molar-refractivity contribution in [2.75, 3.05) is 19.6 Å². The van der Waals surface area contributed by atoms with Gasteiger partial charge in [0.2, 0.25) is 0 Å². The molecule has 0 aliphatic rings. The van der Waals surface area contributed by atoms with E-state index in [0.29, 0.717) is 31.3 Å². The van der Waals surface area contributed by atoms with Crippen LogP contribution in [0.15, 0.2) is 41.7 Å². The summed E-state index contributed by atoms with van der Waals surface area (Å²) in [5.74, 6) is 1.25. The molecular weight excluding hydrogens is 503 g/mol. The molecule has 1 heterocycles. The van der Waals surface area contributed by atoms with Crippen molar-refractivity contribution in [2.24, 2.45) is 4.99 Å². The number of aliphatic hydroxyl groups is 1. The summed E-state index contributed by atoms with van der Waals surface area (Å²) in [6.07, 6.45) is 1.88. The highest BCUT2D eigenvalue weighted by Crippen LogP contribution is 2.20. The van der Waals surface area contributed by atoms with Crippen molar-refractivity contribution in [3.63, 3.8) is 0 Å². The molecule has 10 nitrogen and oxygen atoms in total. The van der Waals surface area contributed by atoms with Gasteiger partial charge < -0.3 is 20.5 Å². The number of guanidine groups is 1. The number of nitrogens with zero attached hydrogens (tertiary/aromatic N) is 4. The smallest absolute Gasteiger partial charge is 0.306 e. The van der Waals surface area contributed by atoms with Crippen molar-refractivity contribution in [3.8, 4) is 5.75 Å². The number of hydrogen-bond acceptors (Lipinski definition) is 6. The second kappa shape index (κ2) is 13.0. The first kappa shape index (κ1) is 25.6. The van der Waals surface area contributed by atoms with Crippen LogP contribution in [0.1, 0.15) is 32.4 Å². The summed E-state index contributed by atoms with van der Waals surface area (Å²) in [6.45, 7) is 7.58. The summed E-state index contributed by atoms with van der Waals surface area (Å²) >= 11 is 0. The minimum absolute atomic E-state index is 0. The molecule has 30 heavy (non-hydrogen) atoms. The number of aliphatic hydroxyl groups excluding tert-OH is 1. The standard InChI is InChI=1S/C19H28N6O4.HI/c1-4-20-19(21-8-9-24-13-16(11-23-24)25(27)28)22-12-18(26)15-6-5-7-17(10-15)29-14(2)3;/h5-7,10-11,13-14,18,26H,4,8-9,12H2,1-3H3,(H2,20,21,22);1H. The van der Waals surface area contributed by atoms with Crippen LogP contribution in [-0.4, -0.2) is 51.5 Å². The maximum absolute atomic E-state index is 10.7. The fourth-order valence-corrected chi connectivity index (χ4v) is 2.55. The van der Waals surface area contributed by atoms with Crippen molar-refractivity contribution >= 4 is 35.6 Å². The van der Waals surface area contributed by atoms with Crippen LogP contribution in [0.2, 0.25) is 0 Å². The molecule has 1 aromatic carbocycles. The molecule has 0 saturated carbocycles. The third-order valence-corrected chi connectivity index (χ3v) is 3.84.